The smallest absolute Gasteiger partial charge is 0.195 e. The van der Waals surface area contributed by atoms with E-state index in [1.165, 1.54) is 6.33 Å². The van der Waals surface area contributed by atoms with Crippen LogP contribution >= 0.6 is 0 Å². The Morgan fingerprint density at radius 3 is 2.59 bits per heavy atom. The Morgan fingerprint density at radius 1 is 0.931 bits per heavy atom. The minimum absolute atomic E-state index is 0.0911. The van der Waals surface area contributed by atoms with Gasteiger partial charge in [0.1, 0.15) is 12.1 Å². The number of carbonyl (C=O) groups excluding carboxylic acids is 1. The second-order valence-corrected chi connectivity index (χ2v) is 6.74. The number of rotatable bonds is 4. The fourth-order valence-corrected chi connectivity index (χ4v) is 3.68. The fourth-order valence-electron chi connectivity index (χ4n) is 3.68. The average Bonchev–Trinajstić information content (AvgIpc) is 2.78. The Hall–Kier alpha value is -3.86. The number of ether oxygens (including phenoxy) is 1. The van der Waals surface area contributed by atoms with E-state index in [-0.39, 0.29) is 5.78 Å². The zero-order chi connectivity index (χ0) is 19.8. The summed E-state index contributed by atoms with van der Waals surface area (Å²) in [6, 6.07) is 17.0. The van der Waals surface area contributed by atoms with Gasteiger partial charge in [0.15, 0.2) is 5.78 Å². The van der Waals surface area contributed by atoms with E-state index < -0.39 is 0 Å². The molecule has 140 valence electrons. The van der Waals surface area contributed by atoms with Gasteiger partial charge in [-0.1, -0.05) is 24.3 Å². The molecule has 3 aromatic carbocycles. The molecule has 0 aliphatic rings. The van der Waals surface area contributed by atoms with Gasteiger partial charge in [-0.15, -0.1) is 0 Å². The molecule has 2 aromatic heterocycles. The van der Waals surface area contributed by atoms with Crippen LogP contribution in [0.15, 0.2) is 73.3 Å². The van der Waals surface area contributed by atoms with E-state index in [2.05, 4.69) is 15.0 Å². The minimum atomic E-state index is -0.0911. The van der Waals surface area contributed by atoms with E-state index in [0.29, 0.717) is 23.3 Å². The fraction of sp³-hybridized carbons (Fsp3) is 0.0833. The molecule has 0 fully saturated rings. The highest BCUT2D eigenvalue weighted by Crippen LogP contribution is 2.32. The molecule has 0 amide bonds. The lowest BCUT2D eigenvalue weighted by Crippen LogP contribution is -2.04. The van der Waals surface area contributed by atoms with Gasteiger partial charge in [-0.3, -0.25) is 9.78 Å². The van der Waals surface area contributed by atoms with Gasteiger partial charge in [-0.25, -0.2) is 9.97 Å². The van der Waals surface area contributed by atoms with Gasteiger partial charge in [0.25, 0.3) is 0 Å². The molecule has 0 N–H and O–H groups in total. The van der Waals surface area contributed by atoms with Gasteiger partial charge in [-0.05, 0) is 42.6 Å². The van der Waals surface area contributed by atoms with Crippen LogP contribution in [0.4, 0.5) is 0 Å². The largest absolute Gasteiger partial charge is 0.494 e. The summed E-state index contributed by atoms with van der Waals surface area (Å²) in [4.78, 5) is 26.7. The summed E-state index contributed by atoms with van der Waals surface area (Å²) in [5.41, 5.74) is 2.56. The lowest BCUT2D eigenvalue weighted by atomic mass is 9.95. The molecule has 29 heavy (non-hydrogen) atoms. The Labute approximate surface area is 167 Å². The molecule has 0 aliphatic carbocycles. The third-order valence-corrected chi connectivity index (χ3v) is 5.00. The quantitative estimate of drug-likeness (QED) is 0.326. The predicted molar refractivity (Wildman–Crippen MR) is 113 cm³/mol. The van der Waals surface area contributed by atoms with Gasteiger partial charge in [0.05, 0.1) is 17.6 Å². The van der Waals surface area contributed by atoms with Gasteiger partial charge in [0.2, 0.25) is 0 Å². The molecule has 5 nitrogen and oxygen atoms in total. The first-order chi connectivity index (χ1) is 14.3. The van der Waals surface area contributed by atoms with Crippen molar-refractivity contribution in [2.24, 2.45) is 0 Å². The minimum Gasteiger partial charge on any atom is -0.494 e. The van der Waals surface area contributed by atoms with Crippen LogP contribution in [-0.2, 0) is 0 Å². The number of benzene rings is 3. The van der Waals surface area contributed by atoms with E-state index in [1.807, 2.05) is 49.4 Å². The summed E-state index contributed by atoms with van der Waals surface area (Å²) in [6.45, 7) is 2.51. The molecule has 0 aliphatic heterocycles. The Bertz CT molecular complexity index is 1360. The molecular weight excluding hydrogens is 362 g/mol. The first-order valence-corrected chi connectivity index (χ1v) is 9.44. The summed E-state index contributed by atoms with van der Waals surface area (Å²) in [5, 5.41) is 3.71. The molecular formula is C24H17N3O2. The summed E-state index contributed by atoms with van der Waals surface area (Å²) in [6.07, 6.45) is 5.07. The predicted octanol–water partition coefficient (Wildman–Crippen LogP) is 4.96. The van der Waals surface area contributed by atoms with Crippen LogP contribution in [0, 0.1) is 0 Å². The van der Waals surface area contributed by atoms with Crippen LogP contribution in [-0.4, -0.2) is 27.3 Å². The molecule has 5 aromatic rings. The second kappa shape index (κ2) is 6.95. The number of carbonyl (C=O) groups is 1. The third kappa shape index (κ3) is 2.88. The third-order valence-electron chi connectivity index (χ3n) is 5.00. The van der Waals surface area contributed by atoms with Gasteiger partial charge in [0, 0.05) is 39.7 Å². The summed E-state index contributed by atoms with van der Waals surface area (Å²) in [7, 11) is 0. The Balaban J connectivity index is 1.79. The Kier molecular flexibility index (Phi) is 4.13. The molecule has 0 unspecified atom stereocenters. The molecule has 5 heteroatoms. The van der Waals surface area contributed by atoms with Crippen LogP contribution in [0.1, 0.15) is 22.8 Å². The Morgan fingerprint density at radius 2 is 1.76 bits per heavy atom. The van der Waals surface area contributed by atoms with Crippen molar-refractivity contribution >= 4 is 38.4 Å². The van der Waals surface area contributed by atoms with Crippen LogP contribution in [0.5, 0.6) is 5.75 Å². The topological polar surface area (TPSA) is 65.0 Å². The average molecular weight is 379 g/mol. The number of aromatic nitrogens is 3. The number of hydrogen-bond donors (Lipinski definition) is 0. The molecule has 0 spiro atoms. The van der Waals surface area contributed by atoms with Crippen molar-refractivity contribution in [3.63, 3.8) is 0 Å². The zero-order valence-electron chi connectivity index (χ0n) is 15.8. The van der Waals surface area contributed by atoms with Gasteiger partial charge >= 0.3 is 0 Å². The van der Waals surface area contributed by atoms with Crippen molar-refractivity contribution in [1.82, 2.24) is 15.0 Å². The van der Waals surface area contributed by atoms with Crippen molar-refractivity contribution in [3.05, 3.63) is 84.4 Å². The molecule has 2 heterocycles. The lowest BCUT2D eigenvalue weighted by Gasteiger charge is -2.11. The maximum absolute atomic E-state index is 13.4. The lowest BCUT2D eigenvalue weighted by molar-refractivity contribution is 0.104. The van der Waals surface area contributed by atoms with E-state index in [4.69, 9.17) is 4.74 Å². The van der Waals surface area contributed by atoms with Gasteiger partial charge in [-0.2, -0.15) is 0 Å². The number of fused-ring (bicyclic) bond motifs is 5. The molecule has 0 radical (unpaired) electrons. The number of pyridine rings is 1. The van der Waals surface area contributed by atoms with Crippen LogP contribution in [0.3, 0.4) is 0 Å². The van der Waals surface area contributed by atoms with Crippen LogP contribution in [0.2, 0.25) is 0 Å². The zero-order valence-corrected chi connectivity index (χ0v) is 15.8. The van der Waals surface area contributed by atoms with Crippen LogP contribution in [0.25, 0.3) is 32.6 Å². The van der Waals surface area contributed by atoms with Crippen LogP contribution < -0.4 is 4.74 Å². The molecule has 0 atom stereocenters. The van der Waals surface area contributed by atoms with Crippen molar-refractivity contribution in [3.8, 4) is 5.75 Å². The highest BCUT2D eigenvalue weighted by atomic mass is 16.5. The monoisotopic (exact) mass is 379 g/mol. The summed E-state index contributed by atoms with van der Waals surface area (Å²) < 4.78 is 5.48. The van der Waals surface area contributed by atoms with E-state index in [0.717, 1.165) is 32.8 Å². The number of ketones is 1. The summed E-state index contributed by atoms with van der Waals surface area (Å²) >= 11 is 0. The van der Waals surface area contributed by atoms with Crippen molar-refractivity contribution in [1.29, 1.82) is 0 Å². The summed E-state index contributed by atoms with van der Waals surface area (Å²) in [5.74, 6) is 0.650. The first kappa shape index (κ1) is 17.3. The molecule has 0 saturated carbocycles. The SMILES string of the molecule is CCOc1ccc(C(=O)c2cc3cncnc3c3c2ncc2ccccc23)cc1. The molecule has 0 bridgehead atoms. The van der Waals surface area contributed by atoms with E-state index >= 15 is 0 Å². The maximum Gasteiger partial charge on any atom is 0.195 e. The maximum atomic E-state index is 13.4. The van der Waals surface area contributed by atoms with Crippen molar-refractivity contribution in [2.75, 3.05) is 6.61 Å². The highest BCUT2D eigenvalue weighted by molar-refractivity contribution is 6.25. The normalized spacial score (nSPS) is 11.2. The second-order valence-electron chi connectivity index (χ2n) is 6.74. The number of nitrogens with zero attached hydrogens (tertiary/aromatic N) is 3. The van der Waals surface area contributed by atoms with E-state index in [1.54, 1.807) is 24.5 Å². The van der Waals surface area contributed by atoms with E-state index in [9.17, 15) is 4.79 Å². The number of hydrogen-bond acceptors (Lipinski definition) is 5. The van der Waals surface area contributed by atoms with Gasteiger partial charge < -0.3 is 4.74 Å². The first-order valence-electron chi connectivity index (χ1n) is 9.44. The van der Waals surface area contributed by atoms with Crippen molar-refractivity contribution < 1.29 is 9.53 Å². The molecule has 5 rings (SSSR count). The molecule has 0 saturated heterocycles. The highest BCUT2D eigenvalue weighted by Gasteiger charge is 2.18. The van der Waals surface area contributed by atoms with Crippen molar-refractivity contribution in [2.45, 2.75) is 6.92 Å². The standard InChI is InChI=1S/C24H17N3O2/c1-2-29-18-9-7-15(8-10-18)24(28)20-11-17-12-25-14-27-22(17)21-19-6-4-3-5-16(19)13-26-23(20)21/h3-14H,2H2,1H3.